The van der Waals surface area contributed by atoms with Crippen LogP contribution < -0.4 is 9.47 Å². The third-order valence-corrected chi connectivity index (χ3v) is 6.74. The number of methoxy groups -OCH3 is 2. The van der Waals surface area contributed by atoms with Crippen LogP contribution in [-0.4, -0.2) is 23.8 Å². The minimum Gasteiger partial charge on any atom is -0.493 e. The van der Waals surface area contributed by atoms with Crippen molar-refractivity contribution in [3.8, 4) is 22.9 Å². The van der Waals surface area contributed by atoms with Crippen molar-refractivity contribution in [2.75, 3.05) is 14.2 Å². The van der Waals surface area contributed by atoms with Crippen molar-refractivity contribution in [3.05, 3.63) is 72.8 Å². The topological polar surface area (TPSA) is 39.2 Å². The number of aryl methyl sites for hydroxylation is 1. The molecule has 4 nitrogen and oxygen atoms in total. The summed E-state index contributed by atoms with van der Waals surface area (Å²) in [5.41, 5.74) is 4.55. The van der Waals surface area contributed by atoms with Crippen LogP contribution in [0.1, 0.15) is 6.92 Å². The van der Waals surface area contributed by atoms with E-state index >= 15 is 0 Å². The lowest BCUT2D eigenvalue weighted by molar-refractivity contribution is 0.355. The van der Waals surface area contributed by atoms with Crippen molar-refractivity contribution in [1.29, 1.82) is 0 Å². The Kier molecular flexibility index (Phi) is 5.12. The van der Waals surface area contributed by atoms with Crippen molar-refractivity contribution in [2.24, 2.45) is 0 Å². The monoisotopic (exact) mass is 428 g/mol. The first-order valence-electron chi connectivity index (χ1n) is 10.3. The van der Waals surface area contributed by atoms with Crippen LogP contribution in [0.25, 0.3) is 33.2 Å². The van der Waals surface area contributed by atoms with Crippen LogP contribution in [0.2, 0.25) is 0 Å². The molecule has 5 rings (SSSR count). The number of aromatic nitrogens is 2. The molecule has 0 bridgehead atoms. The Balaban J connectivity index is 1.76. The first-order chi connectivity index (χ1) is 15.2. The zero-order valence-corrected chi connectivity index (χ0v) is 18.6. The van der Waals surface area contributed by atoms with Crippen molar-refractivity contribution in [3.63, 3.8) is 0 Å². The highest BCUT2D eigenvalue weighted by molar-refractivity contribution is 7.99. The zero-order valence-electron chi connectivity index (χ0n) is 17.8. The molecule has 0 saturated heterocycles. The Hall–Kier alpha value is -3.31. The van der Waals surface area contributed by atoms with E-state index in [1.807, 2.05) is 0 Å². The van der Waals surface area contributed by atoms with E-state index in [0.29, 0.717) is 0 Å². The van der Waals surface area contributed by atoms with Gasteiger partial charge in [-0.15, -0.1) is 0 Å². The number of H-pyrrole nitrogens is 1. The molecule has 0 aliphatic heterocycles. The van der Waals surface area contributed by atoms with Gasteiger partial charge in [0.15, 0.2) is 11.5 Å². The molecule has 3 aromatic carbocycles. The first-order valence-corrected chi connectivity index (χ1v) is 11.1. The molecule has 0 saturated carbocycles. The van der Waals surface area contributed by atoms with E-state index in [1.165, 1.54) is 15.2 Å². The molecule has 31 heavy (non-hydrogen) atoms. The molecule has 2 heterocycles. The SMILES string of the molecule is CCn1c(-c2[nH]c3ccccc3c2Sc2ccccc2)cc2cc(OC)c(OC)cc21. The number of para-hydroxylation sites is 1. The molecule has 5 aromatic rings. The molecule has 0 spiro atoms. The second-order valence-electron chi connectivity index (χ2n) is 7.33. The Morgan fingerprint density at radius 1 is 0.871 bits per heavy atom. The number of hydrogen-bond acceptors (Lipinski definition) is 3. The van der Waals surface area contributed by atoms with Gasteiger partial charge in [0.1, 0.15) is 0 Å². The lowest BCUT2D eigenvalue weighted by Crippen LogP contribution is -1.98. The van der Waals surface area contributed by atoms with Crippen LogP contribution >= 0.6 is 11.8 Å². The van der Waals surface area contributed by atoms with Crippen LogP contribution in [0.5, 0.6) is 11.5 Å². The second kappa shape index (κ2) is 8.08. The van der Waals surface area contributed by atoms with E-state index in [0.717, 1.165) is 45.9 Å². The van der Waals surface area contributed by atoms with E-state index in [-0.39, 0.29) is 0 Å². The number of nitrogens with one attached hydrogen (secondary N) is 1. The van der Waals surface area contributed by atoms with Gasteiger partial charge in [0, 0.05) is 38.7 Å². The van der Waals surface area contributed by atoms with Gasteiger partial charge in [-0.2, -0.15) is 0 Å². The standard InChI is InChI=1S/C26H24N2O2S/c1-4-28-21-16-24(30-3)23(29-2)15-17(21)14-22(28)25-26(31-18-10-6-5-7-11-18)19-12-8-9-13-20(19)27-25/h5-16,27H,4H2,1-3H3. The minimum atomic E-state index is 0.741. The molecule has 0 aliphatic rings. The van der Waals surface area contributed by atoms with Crippen LogP contribution in [0, 0.1) is 0 Å². The largest absolute Gasteiger partial charge is 0.493 e. The fourth-order valence-electron chi connectivity index (χ4n) is 4.15. The highest BCUT2D eigenvalue weighted by Gasteiger charge is 2.20. The number of rotatable bonds is 6. The average Bonchev–Trinajstić information content (AvgIpc) is 3.36. The second-order valence-corrected chi connectivity index (χ2v) is 8.41. The molecule has 0 fully saturated rings. The molecule has 0 aliphatic carbocycles. The number of ether oxygens (including phenoxy) is 2. The van der Waals surface area contributed by atoms with Crippen molar-refractivity contribution < 1.29 is 9.47 Å². The summed E-state index contributed by atoms with van der Waals surface area (Å²) in [4.78, 5) is 6.14. The van der Waals surface area contributed by atoms with Crippen LogP contribution in [0.4, 0.5) is 0 Å². The third kappa shape index (κ3) is 3.35. The van der Waals surface area contributed by atoms with Crippen molar-refractivity contribution in [1.82, 2.24) is 9.55 Å². The van der Waals surface area contributed by atoms with Gasteiger partial charge in [-0.25, -0.2) is 0 Å². The van der Waals surface area contributed by atoms with E-state index in [9.17, 15) is 0 Å². The number of nitrogens with zero attached hydrogens (tertiary/aromatic N) is 1. The smallest absolute Gasteiger partial charge is 0.162 e. The Bertz CT molecular complexity index is 1370. The maximum atomic E-state index is 5.56. The molecular weight excluding hydrogens is 404 g/mol. The third-order valence-electron chi connectivity index (χ3n) is 5.60. The number of hydrogen-bond donors (Lipinski definition) is 1. The zero-order chi connectivity index (χ0) is 21.4. The van der Waals surface area contributed by atoms with E-state index in [4.69, 9.17) is 9.47 Å². The fourth-order valence-corrected chi connectivity index (χ4v) is 5.22. The lowest BCUT2D eigenvalue weighted by atomic mass is 10.2. The summed E-state index contributed by atoms with van der Waals surface area (Å²) in [5, 5.41) is 2.36. The van der Waals surface area contributed by atoms with Gasteiger partial charge in [0.25, 0.3) is 0 Å². The van der Waals surface area contributed by atoms with E-state index < -0.39 is 0 Å². The Morgan fingerprint density at radius 2 is 1.58 bits per heavy atom. The molecule has 0 unspecified atom stereocenters. The molecule has 1 N–H and O–H groups in total. The average molecular weight is 429 g/mol. The summed E-state index contributed by atoms with van der Waals surface area (Å²) in [7, 11) is 3.35. The highest BCUT2D eigenvalue weighted by atomic mass is 32.2. The summed E-state index contributed by atoms with van der Waals surface area (Å²) >= 11 is 1.80. The molecule has 0 amide bonds. The van der Waals surface area contributed by atoms with Gasteiger partial charge >= 0.3 is 0 Å². The maximum absolute atomic E-state index is 5.56. The Morgan fingerprint density at radius 3 is 2.32 bits per heavy atom. The van der Waals surface area contributed by atoms with Gasteiger partial charge in [-0.3, -0.25) is 0 Å². The van der Waals surface area contributed by atoms with E-state index in [2.05, 4.69) is 89.3 Å². The number of fused-ring (bicyclic) bond motifs is 2. The summed E-state index contributed by atoms with van der Waals surface area (Å²) in [6.45, 7) is 3.02. The minimum absolute atomic E-state index is 0.741. The van der Waals surface area contributed by atoms with Gasteiger partial charge in [0.05, 0.1) is 31.1 Å². The summed E-state index contributed by atoms with van der Waals surface area (Å²) < 4.78 is 13.4. The van der Waals surface area contributed by atoms with Crippen LogP contribution in [0.15, 0.2) is 82.6 Å². The lowest BCUT2D eigenvalue weighted by Gasteiger charge is -2.11. The molecule has 156 valence electrons. The molecule has 2 aromatic heterocycles. The van der Waals surface area contributed by atoms with Gasteiger partial charge in [-0.05, 0) is 37.3 Å². The van der Waals surface area contributed by atoms with Gasteiger partial charge < -0.3 is 19.0 Å². The molecule has 5 heteroatoms. The predicted octanol–water partition coefficient (Wildman–Crippen LogP) is 6.98. The van der Waals surface area contributed by atoms with E-state index in [1.54, 1.807) is 26.0 Å². The number of benzene rings is 3. The van der Waals surface area contributed by atoms with Crippen LogP contribution in [-0.2, 0) is 6.54 Å². The summed E-state index contributed by atoms with van der Waals surface area (Å²) in [5.74, 6) is 1.48. The van der Waals surface area contributed by atoms with Crippen molar-refractivity contribution in [2.45, 2.75) is 23.3 Å². The predicted molar refractivity (Wildman–Crippen MR) is 129 cm³/mol. The van der Waals surface area contributed by atoms with Crippen molar-refractivity contribution >= 4 is 33.6 Å². The van der Waals surface area contributed by atoms with Crippen LogP contribution in [0.3, 0.4) is 0 Å². The highest BCUT2D eigenvalue weighted by Crippen LogP contribution is 2.43. The molecular formula is C26H24N2O2S. The fraction of sp³-hybridized carbons (Fsp3) is 0.154. The Labute approximate surface area is 185 Å². The normalized spacial score (nSPS) is 11.3. The van der Waals surface area contributed by atoms with Gasteiger partial charge in [-0.1, -0.05) is 48.2 Å². The number of aromatic amines is 1. The summed E-state index contributed by atoms with van der Waals surface area (Å²) in [6.07, 6.45) is 0. The molecule has 0 atom stereocenters. The van der Waals surface area contributed by atoms with Gasteiger partial charge in [0.2, 0.25) is 0 Å². The quantitative estimate of drug-likeness (QED) is 0.317. The first kappa shape index (κ1) is 19.6. The summed E-state index contributed by atoms with van der Waals surface area (Å²) in [6, 6.07) is 25.4. The maximum Gasteiger partial charge on any atom is 0.162 e. The molecule has 0 radical (unpaired) electrons.